The Morgan fingerprint density at radius 2 is 2.19 bits per heavy atom. The molecule has 1 amide bonds. The van der Waals surface area contributed by atoms with Gasteiger partial charge in [0.2, 0.25) is 5.91 Å². The van der Waals surface area contributed by atoms with E-state index in [4.69, 9.17) is 4.74 Å². The van der Waals surface area contributed by atoms with Crippen molar-refractivity contribution in [2.45, 2.75) is 38.1 Å². The van der Waals surface area contributed by atoms with Gasteiger partial charge in [-0.3, -0.25) is 4.79 Å². The molecule has 3 heterocycles. The molecule has 0 bridgehead atoms. The van der Waals surface area contributed by atoms with Crippen LogP contribution in [0.3, 0.4) is 0 Å². The number of hydrogen-bond acceptors (Lipinski definition) is 5. The largest absolute Gasteiger partial charge is 0.370 e. The van der Waals surface area contributed by atoms with Crippen LogP contribution in [0, 0.1) is 5.82 Å². The Balaban J connectivity index is 1.25. The van der Waals surface area contributed by atoms with Gasteiger partial charge in [-0.1, -0.05) is 17.3 Å². The predicted molar refractivity (Wildman–Crippen MR) is 91.6 cm³/mol. The summed E-state index contributed by atoms with van der Waals surface area (Å²) in [6.45, 7) is 3.41. The van der Waals surface area contributed by atoms with Crippen molar-refractivity contribution < 1.29 is 13.9 Å². The van der Waals surface area contributed by atoms with E-state index in [1.54, 1.807) is 18.3 Å². The summed E-state index contributed by atoms with van der Waals surface area (Å²) in [6.07, 6.45) is 3.29. The number of carbonyl (C=O) groups is 1. The average molecular weight is 359 g/mol. The summed E-state index contributed by atoms with van der Waals surface area (Å²) in [5, 5.41) is 11.1. The lowest BCUT2D eigenvalue weighted by Gasteiger charge is -2.40. The number of carbonyl (C=O) groups excluding carboxylic acids is 1. The molecule has 0 aliphatic carbocycles. The van der Waals surface area contributed by atoms with Crippen LogP contribution in [0.5, 0.6) is 0 Å². The number of aromatic nitrogens is 3. The van der Waals surface area contributed by atoms with Crippen molar-refractivity contribution in [1.82, 2.24) is 25.2 Å². The number of halogens is 1. The molecule has 0 spiro atoms. The lowest BCUT2D eigenvalue weighted by molar-refractivity contribution is -0.122. The Bertz CT molecular complexity index is 763. The molecule has 0 radical (unpaired) electrons. The molecule has 138 valence electrons. The second-order valence-electron chi connectivity index (χ2n) is 6.83. The highest BCUT2D eigenvalue weighted by molar-refractivity contribution is 5.76. The molecule has 1 aromatic carbocycles. The third-order valence-electron chi connectivity index (χ3n) is 5.07. The maximum Gasteiger partial charge on any atom is 0.221 e. The first-order chi connectivity index (χ1) is 12.7. The zero-order valence-electron chi connectivity index (χ0n) is 14.5. The highest BCUT2D eigenvalue weighted by Crippen LogP contribution is 2.29. The molecule has 0 saturated carbocycles. The molecule has 2 aromatic rings. The van der Waals surface area contributed by atoms with Gasteiger partial charge >= 0.3 is 0 Å². The number of nitrogens with one attached hydrogen (secondary N) is 1. The second-order valence-corrected chi connectivity index (χ2v) is 6.83. The number of benzene rings is 1. The van der Waals surface area contributed by atoms with Gasteiger partial charge in [-0.05, 0) is 24.1 Å². The first kappa shape index (κ1) is 17.1. The molecule has 2 aliphatic heterocycles. The van der Waals surface area contributed by atoms with Crippen LogP contribution >= 0.6 is 0 Å². The van der Waals surface area contributed by atoms with E-state index in [2.05, 4.69) is 20.5 Å². The highest BCUT2D eigenvalue weighted by atomic mass is 19.1. The number of piperidine rings is 1. The number of likely N-dealkylation sites (tertiary alicyclic amines) is 1. The van der Waals surface area contributed by atoms with Crippen molar-refractivity contribution >= 4 is 5.91 Å². The molecule has 26 heavy (non-hydrogen) atoms. The lowest BCUT2D eigenvalue weighted by Crippen LogP contribution is -2.48. The zero-order chi connectivity index (χ0) is 17.9. The fraction of sp³-hybridized carbons (Fsp3) is 0.500. The number of rotatable bonds is 5. The van der Waals surface area contributed by atoms with Gasteiger partial charge in [-0.15, -0.1) is 5.10 Å². The van der Waals surface area contributed by atoms with Gasteiger partial charge in [0.25, 0.3) is 0 Å². The van der Waals surface area contributed by atoms with Crippen LogP contribution in [0.25, 0.3) is 0 Å². The molecule has 0 unspecified atom stereocenters. The minimum absolute atomic E-state index is 0.00205. The smallest absolute Gasteiger partial charge is 0.221 e. The molecule has 1 fully saturated rings. The fourth-order valence-electron chi connectivity index (χ4n) is 3.60. The minimum Gasteiger partial charge on any atom is -0.370 e. The number of hydrogen-bond donors (Lipinski definition) is 1. The third-order valence-corrected chi connectivity index (χ3v) is 5.07. The Labute approximate surface area is 151 Å². The maximum atomic E-state index is 12.9. The lowest BCUT2D eigenvalue weighted by atomic mass is 10.0. The van der Waals surface area contributed by atoms with Crippen LogP contribution in [0.4, 0.5) is 4.39 Å². The van der Waals surface area contributed by atoms with Gasteiger partial charge in [-0.2, -0.15) is 0 Å². The Kier molecular flexibility index (Phi) is 4.94. The average Bonchev–Trinajstić information content (AvgIpc) is 3.15. The second kappa shape index (κ2) is 7.51. The zero-order valence-corrected chi connectivity index (χ0v) is 14.5. The predicted octanol–water partition coefficient (Wildman–Crippen LogP) is 1.27. The monoisotopic (exact) mass is 359 g/mol. The van der Waals surface area contributed by atoms with E-state index in [9.17, 15) is 9.18 Å². The highest BCUT2D eigenvalue weighted by Gasteiger charge is 2.36. The standard InChI is InChI=1S/C18H22FN5O2/c19-14-3-1-13(2-4-14)9-20-18(25)6-8-23-7-5-17-16(11-23)24-15(12-26-17)10-21-22-24/h1-4,10,16-17H,5-9,11-12H2,(H,20,25)/t16-,17+/m1/s1. The summed E-state index contributed by atoms with van der Waals surface area (Å²) in [5.74, 6) is -0.275. The van der Waals surface area contributed by atoms with Crippen molar-refractivity contribution in [3.8, 4) is 0 Å². The van der Waals surface area contributed by atoms with Gasteiger partial charge in [0, 0.05) is 32.6 Å². The SMILES string of the molecule is O=C(CCN1CC[C@@H]2OCc3cnnn3[C@@H]2C1)NCc1ccc(F)cc1. The van der Waals surface area contributed by atoms with E-state index in [1.807, 2.05) is 4.68 Å². The van der Waals surface area contributed by atoms with Crippen LogP contribution in [0.15, 0.2) is 30.5 Å². The molecule has 1 saturated heterocycles. The van der Waals surface area contributed by atoms with Crippen LogP contribution in [-0.2, 0) is 22.7 Å². The molecule has 2 atom stereocenters. The van der Waals surface area contributed by atoms with Crippen LogP contribution in [0.1, 0.15) is 30.1 Å². The Morgan fingerprint density at radius 1 is 1.35 bits per heavy atom. The summed E-state index contributed by atoms with van der Waals surface area (Å²) in [6, 6.07) is 6.32. The van der Waals surface area contributed by atoms with Crippen molar-refractivity contribution in [3.05, 3.63) is 47.5 Å². The molecule has 7 nitrogen and oxygen atoms in total. The summed E-state index contributed by atoms with van der Waals surface area (Å²) in [4.78, 5) is 14.4. The quantitative estimate of drug-likeness (QED) is 0.870. The Morgan fingerprint density at radius 3 is 3.04 bits per heavy atom. The van der Waals surface area contributed by atoms with Gasteiger partial charge in [0.05, 0.1) is 30.6 Å². The number of nitrogens with zero attached hydrogens (tertiary/aromatic N) is 4. The molecule has 8 heteroatoms. The number of ether oxygens (including phenoxy) is 1. The van der Waals surface area contributed by atoms with E-state index in [0.29, 0.717) is 26.1 Å². The molecule has 4 rings (SSSR count). The minimum atomic E-state index is -0.272. The molecule has 1 N–H and O–H groups in total. The first-order valence-electron chi connectivity index (χ1n) is 8.93. The van der Waals surface area contributed by atoms with E-state index < -0.39 is 0 Å². The normalized spacial score (nSPS) is 22.5. The Hall–Kier alpha value is -2.32. The fourth-order valence-corrected chi connectivity index (χ4v) is 3.60. The summed E-state index contributed by atoms with van der Waals surface area (Å²) in [5.41, 5.74) is 1.89. The summed E-state index contributed by atoms with van der Waals surface area (Å²) in [7, 11) is 0. The molecular weight excluding hydrogens is 337 g/mol. The van der Waals surface area contributed by atoms with Crippen molar-refractivity contribution in [1.29, 1.82) is 0 Å². The van der Waals surface area contributed by atoms with Gasteiger partial charge < -0.3 is 15.0 Å². The van der Waals surface area contributed by atoms with E-state index in [-0.39, 0.29) is 23.9 Å². The topological polar surface area (TPSA) is 72.3 Å². The van der Waals surface area contributed by atoms with Crippen molar-refractivity contribution in [2.24, 2.45) is 0 Å². The maximum absolute atomic E-state index is 12.9. The number of fused-ring (bicyclic) bond motifs is 3. The first-order valence-corrected chi connectivity index (χ1v) is 8.93. The van der Waals surface area contributed by atoms with E-state index in [0.717, 1.165) is 30.8 Å². The van der Waals surface area contributed by atoms with E-state index in [1.165, 1.54) is 12.1 Å². The number of amides is 1. The van der Waals surface area contributed by atoms with Crippen LogP contribution < -0.4 is 5.32 Å². The van der Waals surface area contributed by atoms with Crippen molar-refractivity contribution in [2.75, 3.05) is 19.6 Å². The summed E-state index contributed by atoms with van der Waals surface area (Å²) < 4.78 is 20.8. The molecule has 2 aliphatic rings. The van der Waals surface area contributed by atoms with Crippen molar-refractivity contribution in [3.63, 3.8) is 0 Å². The van der Waals surface area contributed by atoms with Crippen LogP contribution in [-0.4, -0.2) is 51.5 Å². The van der Waals surface area contributed by atoms with Gasteiger partial charge in [-0.25, -0.2) is 9.07 Å². The van der Waals surface area contributed by atoms with Crippen LogP contribution in [0.2, 0.25) is 0 Å². The summed E-state index contributed by atoms with van der Waals surface area (Å²) >= 11 is 0. The van der Waals surface area contributed by atoms with E-state index >= 15 is 0 Å². The van der Waals surface area contributed by atoms with Gasteiger partial charge in [0.15, 0.2) is 0 Å². The molecule has 1 aromatic heterocycles. The third kappa shape index (κ3) is 3.76. The molecular formula is C18H22FN5O2. The van der Waals surface area contributed by atoms with Gasteiger partial charge in [0.1, 0.15) is 5.82 Å².